The van der Waals surface area contributed by atoms with Crippen LogP contribution in [0.2, 0.25) is 5.02 Å². The zero-order chi connectivity index (χ0) is 17.7. The summed E-state index contributed by atoms with van der Waals surface area (Å²) in [6.07, 6.45) is 0. The molecule has 0 bridgehead atoms. The number of hydrogen-bond donors (Lipinski definition) is 1. The van der Waals surface area contributed by atoms with E-state index < -0.39 is 0 Å². The highest BCUT2D eigenvalue weighted by atomic mass is 35.5. The van der Waals surface area contributed by atoms with E-state index in [2.05, 4.69) is 11.4 Å². The van der Waals surface area contributed by atoms with Crippen LogP contribution in [-0.4, -0.2) is 5.78 Å². The van der Waals surface area contributed by atoms with Gasteiger partial charge in [0.2, 0.25) is 0 Å². The highest BCUT2D eigenvalue weighted by Crippen LogP contribution is 2.53. The number of carbonyl (C=O) groups excluding carboxylic acids is 1. The van der Waals surface area contributed by atoms with Crippen LogP contribution in [0.5, 0.6) is 0 Å². The molecule has 3 aromatic carbocycles. The van der Waals surface area contributed by atoms with E-state index in [9.17, 15) is 4.79 Å². The van der Waals surface area contributed by atoms with E-state index >= 15 is 0 Å². The van der Waals surface area contributed by atoms with E-state index in [-0.39, 0.29) is 11.0 Å². The standard InChI is InChI=1S/C22H14ClNOS/c23-16-10-4-3-9-15(16)22-19-20(13-7-1-2-8-14(13)21(19)25)24-17-11-5-6-12-18(17)26-22/h1-12,22,24H. The Bertz CT molecular complexity index is 1090. The van der Waals surface area contributed by atoms with E-state index in [1.165, 1.54) is 0 Å². The van der Waals surface area contributed by atoms with Crippen molar-refractivity contribution in [2.45, 2.75) is 10.1 Å². The number of hydrogen-bond acceptors (Lipinski definition) is 3. The van der Waals surface area contributed by atoms with Gasteiger partial charge in [0, 0.05) is 26.6 Å². The summed E-state index contributed by atoms with van der Waals surface area (Å²) in [7, 11) is 0. The van der Waals surface area contributed by atoms with Gasteiger partial charge in [-0.2, -0.15) is 0 Å². The second kappa shape index (κ2) is 6.04. The average molecular weight is 376 g/mol. The number of rotatable bonds is 1. The molecule has 0 radical (unpaired) electrons. The van der Waals surface area contributed by atoms with Gasteiger partial charge in [0.1, 0.15) is 0 Å². The predicted molar refractivity (Wildman–Crippen MR) is 108 cm³/mol. The summed E-state index contributed by atoms with van der Waals surface area (Å²) < 4.78 is 0. The minimum atomic E-state index is -0.158. The number of nitrogens with one attached hydrogen (secondary N) is 1. The molecular weight excluding hydrogens is 362 g/mol. The number of anilines is 1. The first kappa shape index (κ1) is 15.7. The lowest BCUT2D eigenvalue weighted by molar-refractivity contribution is 0.103. The Morgan fingerprint density at radius 3 is 2.38 bits per heavy atom. The zero-order valence-electron chi connectivity index (χ0n) is 13.7. The molecule has 1 aliphatic carbocycles. The summed E-state index contributed by atoms with van der Waals surface area (Å²) >= 11 is 8.19. The van der Waals surface area contributed by atoms with E-state index in [4.69, 9.17) is 11.6 Å². The minimum Gasteiger partial charge on any atom is -0.354 e. The lowest BCUT2D eigenvalue weighted by atomic mass is 10.0. The van der Waals surface area contributed by atoms with Crippen molar-refractivity contribution in [2.24, 2.45) is 0 Å². The van der Waals surface area contributed by atoms with Crippen LogP contribution in [0.3, 0.4) is 0 Å². The quantitative estimate of drug-likeness (QED) is 0.548. The Hall–Kier alpha value is -2.49. The van der Waals surface area contributed by atoms with Crippen molar-refractivity contribution in [3.8, 4) is 0 Å². The summed E-state index contributed by atoms with van der Waals surface area (Å²) in [6, 6.07) is 23.7. The first-order valence-electron chi connectivity index (χ1n) is 8.39. The van der Waals surface area contributed by atoms with Crippen LogP contribution in [0.25, 0.3) is 5.70 Å². The molecule has 0 spiro atoms. The van der Waals surface area contributed by atoms with Crippen LogP contribution >= 0.6 is 23.4 Å². The van der Waals surface area contributed by atoms with Gasteiger partial charge in [0.15, 0.2) is 5.78 Å². The number of thioether (sulfide) groups is 1. The number of fused-ring (bicyclic) bond motifs is 3. The second-order valence-corrected chi connectivity index (χ2v) is 7.86. The molecule has 1 unspecified atom stereocenters. The molecule has 1 N–H and O–H groups in total. The summed E-state index contributed by atoms with van der Waals surface area (Å²) in [5.41, 5.74) is 5.37. The molecule has 0 aromatic heterocycles. The Labute approximate surface area is 160 Å². The Balaban J connectivity index is 1.78. The van der Waals surface area contributed by atoms with Crippen molar-refractivity contribution < 1.29 is 4.79 Å². The molecular formula is C22H14ClNOS. The van der Waals surface area contributed by atoms with Gasteiger partial charge in [-0.15, -0.1) is 11.8 Å². The van der Waals surface area contributed by atoms with Gasteiger partial charge in [0.25, 0.3) is 0 Å². The number of para-hydroxylation sites is 1. The molecule has 1 atom stereocenters. The van der Waals surface area contributed by atoms with Crippen LogP contribution in [-0.2, 0) is 0 Å². The van der Waals surface area contributed by atoms with Gasteiger partial charge in [-0.25, -0.2) is 0 Å². The van der Waals surface area contributed by atoms with E-state index in [1.54, 1.807) is 11.8 Å². The molecule has 1 heterocycles. The first-order valence-corrected chi connectivity index (χ1v) is 9.65. The maximum absolute atomic E-state index is 13.3. The van der Waals surface area contributed by atoms with Crippen molar-refractivity contribution in [2.75, 3.05) is 5.32 Å². The summed E-state index contributed by atoms with van der Waals surface area (Å²) in [4.78, 5) is 14.4. The minimum absolute atomic E-state index is 0.0772. The number of Topliss-reactive ketones (excluding diaryl/α,β-unsaturated/α-hetero) is 1. The maximum Gasteiger partial charge on any atom is 0.193 e. The molecule has 2 aliphatic rings. The smallest absolute Gasteiger partial charge is 0.193 e. The summed E-state index contributed by atoms with van der Waals surface area (Å²) in [6.45, 7) is 0. The topological polar surface area (TPSA) is 29.1 Å². The lowest BCUT2D eigenvalue weighted by Crippen LogP contribution is -2.08. The highest BCUT2D eigenvalue weighted by Gasteiger charge is 2.38. The lowest BCUT2D eigenvalue weighted by Gasteiger charge is -2.18. The SMILES string of the molecule is O=C1C2=C(Nc3ccccc3SC2c2ccccc2Cl)c2ccccc21. The Kier molecular flexibility index (Phi) is 3.66. The molecule has 4 heteroatoms. The van der Waals surface area contributed by atoms with E-state index in [0.29, 0.717) is 5.02 Å². The monoisotopic (exact) mass is 375 g/mol. The summed E-state index contributed by atoms with van der Waals surface area (Å²) in [5.74, 6) is 0.0772. The van der Waals surface area contributed by atoms with E-state index in [0.717, 1.165) is 38.5 Å². The Morgan fingerprint density at radius 1 is 0.846 bits per heavy atom. The van der Waals surface area contributed by atoms with Crippen molar-refractivity contribution >= 4 is 40.5 Å². The third-order valence-corrected chi connectivity index (χ3v) is 6.48. The number of halogens is 1. The molecule has 2 nitrogen and oxygen atoms in total. The molecule has 1 aliphatic heterocycles. The third kappa shape index (κ3) is 2.32. The Morgan fingerprint density at radius 2 is 1.54 bits per heavy atom. The van der Waals surface area contributed by atoms with Gasteiger partial charge < -0.3 is 5.32 Å². The van der Waals surface area contributed by atoms with E-state index in [1.807, 2.05) is 66.7 Å². The predicted octanol–water partition coefficient (Wildman–Crippen LogP) is 6.21. The fraction of sp³-hybridized carbons (Fsp3) is 0.0455. The van der Waals surface area contributed by atoms with Gasteiger partial charge in [-0.1, -0.05) is 66.2 Å². The molecule has 3 aromatic rings. The van der Waals surface area contributed by atoms with Gasteiger partial charge in [0.05, 0.1) is 16.6 Å². The van der Waals surface area contributed by atoms with Crippen LogP contribution < -0.4 is 5.32 Å². The van der Waals surface area contributed by atoms with Crippen LogP contribution in [0, 0.1) is 0 Å². The van der Waals surface area contributed by atoms with Crippen molar-refractivity contribution in [3.05, 3.63) is 100 Å². The molecule has 0 saturated carbocycles. The number of carbonyl (C=O) groups is 1. The second-order valence-electron chi connectivity index (χ2n) is 6.30. The van der Waals surface area contributed by atoms with Crippen molar-refractivity contribution in [1.82, 2.24) is 0 Å². The first-order chi connectivity index (χ1) is 12.7. The average Bonchev–Trinajstić information content (AvgIpc) is 2.84. The zero-order valence-corrected chi connectivity index (χ0v) is 15.3. The largest absolute Gasteiger partial charge is 0.354 e. The highest BCUT2D eigenvalue weighted by molar-refractivity contribution is 8.00. The van der Waals surface area contributed by atoms with Gasteiger partial charge >= 0.3 is 0 Å². The molecule has 26 heavy (non-hydrogen) atoms. The van der Waals surface area contributed by atoms with Crippen molar-refractivity contribution in [3.63, 3.8) is 0 Å². The fourth-order valence-electron chi connectivity index (χ4n) is 3.59. The van der Waals surface area contributed by atoms with Crippen LogP contribution in [0.1, 0.15) is 26.7 Å². The summed E-state index contributed by atoms with van der Waals surface area (Å²) in [5, 5.41) is 4.05. The van der Waals surface area contributed by atoms with Gasteiger partial charge in [-0.05, 0) is 23.8 Å². The maximum atomic E-state index is 13.3. The fourth-order valence-corrected chi connectivity index (χ4v) is 5.23. The number of ketones is 1. The molecule has 5 rings (SSSR count). The molecule has 0 saturated heterocycles. The molecule has 126 valence electrons. The van der Waals surface area contributed by atoms with Gasteiger partial charge in [-0.3, -0.25) is 4.79 Å². The third-order valence-electron chi connectivity index (χ3n) is 4.80. The normalized spacial score (nSPS) is 17.9. The van der Waals surface area contributed by atoms with Crippen LogP contribution in [0.15, 0.2) is 83.3 Å². The van der Waals surface area contributed by atoms with Crippen molar-refractivity contribution in [1.29, 1.82) is 0 Å². The number of benzene rings is 3. The van der Waals surface area contributed by atoms with Crippen LogP contribution in [0.4, 0.5) is 5.69 Å². The molecule has 0 fully saturated rings. The molecule has 0 amide bonds.